The lowest BCUT2D eigenvalue weighted by Crippen LogP contribution is -1.87. The largest absolute Gasteiger partial charge is 0.0905 e. The van der Waals surface area contributed by atoms with E-state index in [1.165, 1.54) is 0 Å². The summed E-state index contributed by atoms with van der Waals surface area (Å²) in [5, 5.41) is 2.20. The second kappa shape index (κ2) is 4.50. The van der Waals surface area contributed by atoms with E-state index in [1.807, 2.05) is 60.7 Å². The quantitative estimate of drug-likeness (QED) is 0.589. The minimum absolute atomic E-state index is 0.160. The molecule has 0 heteroatoms. The van der Waals surface area contributed by atoms with Crippen molar-refractivity contribution in [2.75, 3.05) is 0 Å². The zero-order valence-electron chi connectivity index (χ0n) is 11.9. The fourth-order valence-corrected chi connectivity index (χ4v) is 2.20. The van der Waals surface area contributed by atoms with Gasteiger partial charge in [-0.15, -0.1) is 0 Å². The zero-order valence-corrected chi connectivity index (χ0v) is 9.93. The van der Waals surface area contributed by atoms with Gasteiger partial charge in [-0.2, -0.15) is 0 Å². The van der Waals surface area contributed by atoms with Crippen molar-refractivity contribution >= 4 is 16.3 Å². The van der Waals surface area contributed by atoms with Crippen LogP contribution in [0, 0.1) is 0 Å². The van der Waals surface area contributed by atoms with E-state index in [0.717, 1.165) is 21.9 Å². The lowest BCUT2D eigenvalue weighted by molar-refractivity contribution is 1.59. The van der Waals surface area contributed by atoms with Gasteiger partial charge in [0.15, 0.2) is 0 Å². The summed E-state index contributed by atoms with van der Waals surface area (Å²) in [5.41, 5.74) is 2.51. The molecule has 3 rings (SSSR count). The number of hydrogen-bond donors (Lipinski definition) is 0. The molecule has 0 bridgehead atoms. The van der Waals surface area contributed by atoms with Crippen LogP contribution >= 0.6 is 0 Å². The van der Waals surface area contributed by atoms with Crippen LogP contribution in [0.4, 0.5) is 0 Å². The molecule has 0 N–H and O–H groups in total. The maximum Gasteiger partial charge on any atom is 0.0544 e. The Morgan fingerprint density at radius 1 is 0.778 bits per heavy atom. The van der Waals surface area contributed by atoms with Crippen LogP contribution in [0.1, 0.15) is 13.9 Å². The van der Waals surface area contributed by atoms with Crippen molar-refractivity contribution in [2.45, 2.75) is 0 Å². The Labute approximate surface area is 110 Å². The molecule has 3 aromatic rings. The van der Waals surface area contributed by atoms with Gasteiger partial charge in [0, 0.05) is 0 Å². The molecule has 0 aliphatic rings. The van der Waals surface area contributed by atoms with E-state index >= 15 is 0 Å². The maximum absolute atomic E-state index is 7.83. The smallest absolute Gasteiger partial charge is 0.0544 e. The molecule has 0 aromatic heterocycles. The molecule has 3 aromatic carbocycles. The Kier molecular flexibility index (Phi) is 2.18. The average molecular weight is 232 g/mol. The van der Waals surface area contributed by atoms with E-state index < -0.39 is 0 Å². The molecule has 0 atom stereocenters. The molecule has 18 heavy (non-hydrogen) atoms. The van der Waals surface area contributed by atoms with Gasteiger partial charge in [0.25, 0.3) is 0 Å². The summed E-state index contributed by atoms with van der Waals surface area (Å²) >= 11 is 0. The SMILES string of the molecule is [2H]C([2H])=C(c1ccccc1)c1cccc2ccccc12. The molecule has 0 saturated heterocycles. The molecule has 0 aliphatic carbocycles. The Balaban J connectivity index is 2.30. The molecular weight excluding hydrogens is 216 g/mol. The van der Waals surface area contributed by atoms with E-state index in [-0.39, 0.29) is 6.53 Å². The molecule has 0 amide bonds. The van der Waals surface area contributed by atoms with Crippen LogP contribution in [0.2, 0.25) is 0 Å². The summed E-state index contributed by atoms with van der Waals surface area (Å²) in [4.78, 5) is 0. The van der Waals surface area contributed by atoms with E-state index in [9.17, 15) is 0 Å². The summed E-state index contributed by atoms with van der Waals surface area (Å²) in [6.07, 6.45) is 0. The first-order valence-corrected chi connectivity index (χ1v) is 5.98. The second-order valence-corrected chi connectivity index (χ2v) is 4.27. The van der Waals surface area contributed by atoms with Crippen LogP contribution in [0.25, 0.3) is 16.3 Å². The van der Waals surface area contributed by atoms with Gasteiger partial charge < -0.3 is 0 Å². The summed E-state index contributed by atoms with van der Waals surface area (Å²) in [6.45, 7) is -0.160. The molecule has 0 unspecified atom stereocenters. The fourth-order valence-electron chi connectivity index (χ4n) is 2.20. The highest BCUT2D eigenvalue weighted by Crippen LogP contribution is 2.28. The Morgan fingerprint density at radius 2 is 1.50 bits per heavy atom. The summed E-state index contributed by atoms with van der Waals surface area (Å²) in [7, 11) is 0. The molecule has 0 saturated carbocycles. The first kappa shape index (κ1) is 8.71. The van der Waals surface area contributed by atoms with Crippen molar-refractivity contribution in [2.24, 2.45) is 0 Å². The van der Waals surface area contributed by atoms with E-state index in [0.29, 0.717) is 5.57 Å². The molecule has 0 radical (unpaired) electrons. The number of rotatable bonds is 2. The Hall–Kier alpha value is -2.34. The highest BCUT2D eigenvalue weighted by Gasteiger charge is 2.05. The predicted octanol–water partition coefficient (Wildman–Crippen LogP) is 4.90. The highest BCUT2D eigenvalue weighted by molar-refractivity contribution is 5.97. The molecular formula is C18H14. The first-order chi connectivity index (χ1) is 9.77. The Bertz CT molecular complexity index is 764. The predicted molar refractivity (Wildman–Crippen MR) is 78.5 cm³/mol. The number of hydrogen-bond acceptors (Lipinski definition) is 0. The lowest BCUT2D eigenvalue weighted by atomic mass is 9.95. The van der Waals surface area contributed by atoms with Crippen molar-refractivity contribution in [3.63, 3.8) is 0 Å². The van der Waals surface area contributed by atoms with Crippen LogP contribution in [-0.4, -0.2) is 0 Å². The summed E-state index contributed by atoms with van der Waals surface area (Å²) in [5.74, 6) is 0. The third-order valence-electron chi connectivity index (χ3n) is 3.12. The van der Waals surface area contributed by atoms with E-state index in [2.05, 4.69) is 12.1 Å². The summed E-state index contributed by atoms with van der Waals surface area (Å²) < 4.78 is 15.7. The highest BCUT2D eigenvalue weighted by atomic mass is 14.1. The lowest BCUT2D eigenvalue weighted by Gasteiger charge is -2.09. The van der Waals surface area contributed by atoms with Gasteiger partial charge in [0.05, 0.1) is 2.74 Å². The van der Waals surface area contributed by atoms with Crippen LogP contribution in [0.3, 0.4) is 0 Å². The van der Waals surface area contributed by atoms with Crippen molar-refractivity contribution in [1.29, 1.82) is 0 Å². The van der Waals surface area contributed by atoms with Crippen molar-refractivity contribution < 1.29 is 2.74 Å². The minimum Gasteiger partial charge on any atom is -0.0905 e. The Morgan fingerprint density at radius 3 is 2.33 bits per heavy atom. The molecule has 0 fully saturated rings. The van der Waals surface area contributed by atoms with Crippen LogP contribution < -0.4 is 0 Å². The van der Waals surface area contributed by atoms with Crippen LogP contribution in [0.5, 0.6) is 0 Å². The molecule has 0 heterocycles. The minimum atomic E-state index is -0.160. The van der Waals surface area contributed by atoms with Gasteiger partial charge in [-0.25, -0.2) is 0 Å². The first-order valence-electron chi connectivity index (χ1n) is 6.98. The number of fused-ring (bicyclic) bond motifs is 1. The van der Waals surface area contributed by atoms with E-state index in [4.69, 9.17) is 2.74 Å². The van der Waals surface area contributed by atoms with Gasteiger partial charge in [-0.1, -0.05) is 79.3 Å². The van der Waals surface area contributed by atoms with Crippen molar-refractivity contribution in [3.05, 3.63) is 90.5 Å². The van der Waals surface area contributed by atoms with E-state index in [1.54, 1.807) is 0 Å². The van der Waals surface area contributed by atoms with Gasteiger partial charge in [0.1, 0.15) is 0 Å². The third kappa shape index (κ3) is 1.82. The fraction of sp³-hybridized carbons (Fsp3) is 0. The van der Waals surface area contributed by atoms with Crippen molar-refractivity contribution in [1.82, 2.24) is 0 Å². The number of benzene rings is 3. The molecule has 86 valence electrons. The monoisotopic (exact) mass is 232 g/mol. The topological polar surface area (TPSA) is 0 Å². The maximum atomic E-state index is 7.83. The summed E-state index contributed by atoms with van der Waals surface area (Å²) in [6, 6.07) is 23.8. The third-order valence-corrected chi connectivity index (χ3v) is 3.12. The molecule has 0 spiro atoms. The van der Waals surface area contributed by atoms with Gasteiger partial charge in [-0.3, -0.25) is 0 Å². The standard InChI is InChI=1S/C18H14/c1-14(15-8-3-2-4-9-15)17-13-7-11-16-10-5-6-12-18(16)17/h2-13H,1H2/i1D2. The normalized spacial score (nSPS) is 11.8. The molecule has 0 nitrogen and oxygen atoms in total. The van der Waals surface area contributed by atoms with Crippen LogP contribution in [0.15, 0.2) is 79.3 Å². The molecule has 0 aliphatic heterocycles. The average Bonchev–Trinajstić information content (AvgIpc) is 2.48. The zero-order chi connectivity index (χ0) is 13.9. The van der Waals surface area contributed by atoms with Crippen LogP contribution in [-0.2, 0) is 0 Å². The second-order valence-electron chi connectivity index (χ2n) is 4.27. The van der Waals surface area contributed by atoms with Gasteiger partial charge in [-0.05, 0) is 27.5 Å². The van der Waals surface area contributed by atoms with Gasteiger partial charge in [0.2, 0.25) is 0 Å². The van der Waals surface area contributed by atoms with Crippen molar-refractivity contribution in [3.8, 4) is 0 Å². The van der Waals surface area contributed by atoms with Gasteiger partial charge >= 0.3 is 0 Å².